The Labute approximate surface area is 200 Å². The molecule has 1 amide bonds. The molecule has 1 aliphatic rings. The number of aliphatic hydroxyl groups is 1. The van der Waals surface area contributed by atoms with Crippen LogP contribution in [0.4, 0.5) is 11.4 Å². The van der Waals surface area contributed by atoms with Crippen LogP contribution in [0.3, 0.4) is 0 Å². The summed E-state index contributed by atoms with van der Waals surface area (Å²) >= 11 is 0. The number of carbonyl (C=O) groups is 2. The van der Waals surface area contributed by atoms with E-state index in [-0.39, 0.29) is 11.3 Å². The van der Waals surface area contributed by atoms with E-state index in [0.29, 0.717) is 11.3 Å². The lowest BCUT2D eigenvalue weighted by molar-refractivity contribution is -0.132. The Balaban J connectivity index is 1.87. The quantitative estimate of drug-likeness (QED) is 0.304. The van der Waals surface area contributed by atoms with E-state index < -0.39 is 17.7 Å². The minimum Gasteiger partial charge on any atom is -0.507 e. The van der Waals surface area contributed by atoms with E-state index in [1.165, 1.54) is 4.90 Å². The van der Waals surface area contributed by atoms with Gasteiger partial charge in [0.25, 0.3) is 11.7 Å². The maximum atomic E-state index is 13.3. The van der Waals surface area contributed by atoms with Crippen LogP contribution in [-0.2, 0) is 16.0 Å². The van der Waals surface area contributed by atoms with E-state index in [1.54, 1.807) is 24.5 Å². The van der Waals surface area contributed by atoms with Gasteiger partial charge in [-0.3, -0.25) is 19.5 Å². The average molecular weight is 456 g/mol. The van der Waals surface area contributed by atoms with Gasteiger partial charge in [0.05, 0.1) is 11.6 Å². The van der Waals surface area contributed by atoms with Gasteiger partial charge in [-0.15, -0.1) is 0 Å². The number of anilines is 2. The Morgan fingerprint density at radius 2 is 1.53 bits per heavy atom. The van der Waals surface area contributed by atoms with Crippen molar-refractivity contribution < 1.29 is 14.7 Å². The first-order valence-electron chi connectivity index (χ1n) is 11.6. The molecule has 1 unspecified atom stereocenters. The second-order valence-corrected chi connectivity index (χ2v) is 8.19. The molecule has 0 spiro atoms. The van der Waals surface area contributed by atoms with Gasteiger partial charge in [0.15, 0.2) is 0 Å². The average Bonchev–Trinajstić information content (AvgIpc) is 3.15. The fraction of sp³-hybridized carbons (Fsp3) is 0.250. The number of Topliss-reactive ketones (excluding diaryl/α,β-unsaturated/α-hetero) is 1. The second kappa shape index (κ2) is 9.91. The fourth-order valence-electron chi connectivity index (χ4n) is 4.43. The Bertz CT molecular complexity index is 1200. The number of aromatic nitrogens is 1. The Morgan fingerprint density at radius 1 is 0.912 bits per heavy atom. The van der Waals surface area contributed by atoms with Gasteiger partial charge in [-0.25, -0.2) is 0 Å². The van der Waals surface area contributed by atoms with Crippen LogP contribution in [0.15, 0.2) is 78.6 Å². The van der Waals surface area contributed by atoms with Crippen molar-refractivity contribution in [2.75, 3.05) is 22.9 Å². The first-order valence-corrected chi connectivity index (χ1v) is 11.6. The molecule has 0 bridgehead atoms. The van der Waals surface area contributed by atoms with Crippen molar-refractivity contribution >= 4 is 28.8 Å². The molecule has 0 saturated carbocycles. The summed E-state index contributed by atoms with van der Waals surface area (Å²) in [6.45, 7) is 8.01. The molecule has 174 valence electrons. The lowest BCUT2D eigenvalue weighted by Gasteiger charge is -2.27. The van der Waals surface area contributed by atoms with Crippen LogP contribution >= 0.6 is 0 Å². The van der Waals surface area contributed by atoms with Gasteiger partial charge in [-0.1, -0.05) is 31.2 Å². The van der Waals surface area contributed by atoms with Crippen LogP contribution in [0.1, 0.15) is 43.5 Å². The van der Waals surface area contributed by atoms with Crippen molar-refractivity contribution in [3.63, 3.8) is 0 Å². The van der Waals surface area contributed by atoms with Crippen molar-refractivity contribution in [2.24, 2.45) is 0 Å². The van der Waals surface area contributed by atoms with E-state index in [0.717, 1.165) is 36.3 Å². The topological polar surface area (TPSA) is 73.7 Å². The van der Waals surface area contributed by atoms with Gasteiger partial charge in [-0.05, 0) is 67.8 Å². The fourth-order valence-corrected chi connectivity index (χ4v) is 4.43. The standard InChI is InChI=1S/C28H29N3O3/c1-4-19-7-11-23(12-8-19)31-25(20-9-13-22(14-10-20)30(5-2)6-3)24(27(33)28(31)34)26(32)21-15-17-29-18-16-21/h7-18,25,32H,4-6H2,1-3H3/b26-24-. The lowest BCUT2D eigenvalue weighted by atomic mass is 9.95. The molecule has 1 N–H and O–H groups in total. The molecule has 3 aromatic rings. The lowest BCUT2D eigenvalue weighted by Crippen LogP contribution is -2.29. The highest BCUT2D eigenvalue weighted by Gasteiger charge is 2.46. The van der Waals surface area contributed by atoms with Crippen molar-refractivity contribution in [2.45, 2.75) is 33.2 Å². The molecular formula is C28H29N3O3. The van der Waals surface area contributed by atoms with Gasteiger partial charge >= 0.3 is 0 Å². The van der Waals surface area contributed by atoms with Gasteiger partial charge in [0, 0.05) is 42.4 Å². The normalized spacial score (nSPS) is 17.3. The van der Waals surface area contributed by atoms with Gasteiger partial charge in [0.1, 0.15) is 5.76 Å². The SMILES string of the molecule is CCc1ccc(N2C(=O)C(=O)/C(=C(\O)c3ccncc3)C2c2ccc(N(CC)CC)cc2)cc1. The molecule has 0 aliphatic carbocycles. The molecule has 1 aromatic heterocycles. The third-order valence-corrected chi connectivity index (χ3v) is 6.36. The molecule has 1 fully saturated rings. The summed E-state index contributed by atoms with van der Waals surface area (Å²) in [6, 6.07) is 18.0. The number of ketones is 1. The summed E-state index contributed by atoms with van der Waals surface area (Å²) in [5, 5.41) is 11.1. The van der Waals surface area contributed by atoms with Crippen LogP contribution in [0, 0.1) is 0 Å². The minimum atomic E-state index is -0.744. The van der Waals surface area contributed by atoms with Gasteiger partial charge in [0.2, 0.25) is 0 Å². The van der Waals surface area contributed by atoms with E-state index in [4.69, 9.17) is 0 Å². The number of pyridine rings is 1. The van der Waals surface area contributed by atoms with E-state index >= 15 is 0 Å². The van der Waals surface area contributed by atoms with Crippen molar-refractivity contribution in [3.05, 3.63) is 95.3 Å². The van der Waals surface area contributed by atoms with Crippen LogP contribution in [-0.4, -0.2) is 34.9 Å². The molecule has 1 saturated heterocycles. The molecule has 6 heteroatoms. The second-order valence-electron chi connectivity index (χ2n) is 8.19. The zero-order valence-electron chi connectivity index (χ0n) is 19.7. The van der Waals surface area contributed by atoms with Crippen LogP contribution < -0.4 is 9.80 Å². The van der Waals surface area contributed by atoms with Crippen molar-refractivity contribution in [1.29, 1.82) is 0 Å². The number of aryl methyl sites for hydroxylation is 1. The Kier molecular flexibility index (Phi) is 6.77. The number of nitrogens with zero attached hydrogens (tertiary/aromatic N) is 3. The number of carbonyl (C=O) groups excluding carboxylic acids is 2. The largest absolute Gasteiger partial charge is 0.507 e. The monoisotopic (exact) mass is 455 g/mol. The van der Waals surface area contributed by atoms with Crippen LogP contribution in [0.5, 0.6) is 0 Å². The first-order chi connectivity index (χ1) is 16.5. The van der Waals surface area contributed by atoms with Crippen LogP contribution in [0.2, 0.25) is 0 Å². The van der Waals surface area contributed by atoms with E-state index in [2.05, 4.69) is 30.7 Å². The molecule has 0 radical (unpaired) electrons. The molecule has 4 rings (SSSR count). The number of rotatable bonds is 7. The van der Waals surface area contributed by atoms with Crippen LogP contribution in [0.25, 0.3) is 5.76 Å². The summed E-state index contributed by atoms with van der Waals surface area (Å²) < 4.78 is 0. The highest BCUT2D eigenvalue weighted by atomic mass is 16.3. The predicted octanol–water partition coefficient (Wildman–Crippen LogP) is 5.12. The van der Waals surface area contributed by atoms with E-state index in [9.17, 15) is 14.7 Å². The summed E-state index contributed by atoms with van der Waals surface area (Å²) in [5.41, 5.74) is 4.09. The molecule has 1 atom stereocenters. The van der Waals surface area contributed by atoms with Gasteiger partial charge < -0.3 is 10.0 Å². The zero-order chi connectivity index (χ0) is 24.2. The van der Waals surface area contributed by atoms with E-state index in [1.807, 2.05) is 48.5 Å². The molecule has 1 aliphatic heterocycles. The summed E-state index contributed by atoms with van der Waals surface area (Å²) in [5.74, 6) is -1.56. The zero-order valence-corrected chi connectivity index (χ0v) is 19.7. The predicted molar refractivity (Wildman–Crippen MR) is 135 cm³/mol. The smallest absolute Gasteiger partial charge is 0.300 e. The summed E-state index contributed by atoms with van der Waals surface area (Å²) in [4.78, 5) is 34.2. The third kappa shape index (κ3) is 4.19. The molecule has 34 heavy (non-hydrogen) atoms. The number of aliphatic hydroxyl groups excluding tert-OH is 1. The maximum absolute atomic E-state index is 13.3. The van der Waals surface area contributed by atoms with Gasteiger partial charge in [-0.2, -0.15) is 0 Å². The molecular weight excluding hydrogens is 426 g/mol. The molecule has 6 nitrogen and oxygen atoms in total. The Hall–Kier alpha value is -3.93. The van der Waals surface area contributed by atoms with Crippen molar-refractivity contribution in [3.8, 4) is 0 Å². The molecule has 2 heterocycles. The highest BCUT2D eigenvalue weighted by molar-refractivity contribution is 6.51. The molecule has 2 aromatic carbocycles. The summed E-state index contributed by atoms with van der Waals surface area (Å²) in [6.07, 6.45) is 3.96. The maximum Gasteiger partial charge on any atom is 0.300 e. The number of benzene rings is 2. The third-order valence-electron chi connectivity index (χ3n) is 6.36. The number of hydrogen-bond acceptors (Lipinski definition) is 5. The number of hydrogen-bond donors (Lipinski definition) is 1. The van der Waals surface area contributed by atoms with Crippen molar-refractivity contribution in [1.82, 2.24) is 4.98 Å². The minimum absolute atomic E-state index is 0.0753. The number of amides is 1. The Morgan fingerprint density at radius 3 is 2.09 bits per heavy atom. The summed E-state index contributed by atoms with van der Waals surface area (Å²) in [7, 11) is 0. The first kappa shape index (κ1) is 23.2. The highest BCUT2D eigenvalue weighted by Crippen LogP contribution is 2.42.